The highest BCUT2D eigenvalue weighted by atomic mass is 31.2. The Balaban J connectivity index is 4.14. The zero-order chi connectivity index (χ0) is 41.9. The molecule has 0 bridgehead atoms. The normalized spacial score (nSPS) is 13.4. The molecule has 0 rings (SSSR count). The molecule has 0 aliphatic rings. The number of carbonyl (C=O) groups is 2. The predicted molar refractivity (Wildman–Crippen MR) is 239 cm³/mol. The van der Waals surface area contributed by atoms with Crippen LogP contribution in [-0.2, 0) is 32.7 Å². The minimum atomic E-state index is -4.36. The number of unbranched alkanes of at least 4 members (excludes halogenated alkanes) is 29. The van der Waals surface area contributed by atoms with Crippen molar-refractivity contribution in [3.8, 4) is 0 Å². The van der Waals surface area contributed by atoms with Crippen molar-refractivity contribution in [2.24, 2.45) is 0 Å². The van der Waals surface area contributed by atoms with Gasteiger partial charge in [-0.25, -0.2) is 4.57 Å². The summed E-state index contributed by atoms with van der Waals surface area (Å²) in [5, 5.41) is 0. The van der Waals surface area contributed by atoms with Crippen molar-refractivity contribution in [3.63, 3.8) is 0 Å². The van der Waals surface area contributed by atoms with Gasteiger partial charge in [0.05, 0.1) is 13.2 Å². The lowest BCUT2D eigenvalue weighted by Crippen LogP contribution is -2.29. The zero-order valence-electron chi connectivity index (χ0n) is 37.8. The van der Waals surface area contributed by atoms with Gasteiger partial charge in [-0.05, 0) is 52.6 Å². The lowest BCUT2D eigenvalue weighted by molar-refractivity contribution is -0.161. The minimum absolute atomic E-state index is 0.0109. The van der Waals surface area contributed by atoms with Crippen LogP contribution in [0.4, 0.5) is 0 Å². The second-order valence-electron chi connectivity index (χ2n) is 16.6. The number of ether oxygens (including phenoxy) is 2. The third-order valence-electron chi connectivity index (χ3n) is 10.6. The average Bonchev–Trinajstić information content (AvgIpc) is 3.18. The van der Waals surface area contributed by atoms with E-state index in [1.54, 1.807) is 0 Å². The first kappa shape index (κ1) is 55.8. The molecular weight excluding hydrogens is 737 g/mol. The molecule has 10 heteroatoms. The van der Waals surface area contributed by atoms with Crippen LogP contribution in [0.1, 0.15) is 232 Å². The van der Waals surface area contributed by atoms with E-state index in [1.807, 2.05) is 19.0 Å². The molecule has 338 valence electrons. The van der Waals surface area contributed by atoms with Gasteiger partial charge in [0.1, 0.15) is 6.61 Å². The van der Waals surface area contributed by atoms with Crippen LogP contribution in [0.15, 0.2) is 12.2 Å². The molecule has 0 aliphatic heterocycles. The molecule has 0 radical (unpaired) electrons. The summed E-state index contributed by atoms with van der Waals surface area (Å²) in [6.07, 6.45) is 44.0. The van der Waals surface area contributed by atoms with E-state index in [0.717, 1.165) is 32.1 Å². The van der Waals surface area contributed by atoms with Gasteiger partial charge in [-0.2, -0.15) is 0 Å². The maximum Gasteiger partial charge on any atom is 0.472 e. The monoisotopic (exact) mass is 830 g/mol. The van der Waals surface area contributed by atoms with Gasteiger partial charge < -0.3 is 19.3 Å². The fraction of sp³-hybridized carbons (Fsp3) is 0.915. The summed E-state index contributed by atoms with van der Waals surface area (Å²) in [6, 6.07) is 0. The van der Waals surface area contributed by atoms with Gasteiger partial charge in [-0.3, -0.25) is 18.6 Å². The molecule has 2 atom stereocenters. The van der Waals surface area contributed by atoms with Crippen LogP contribution in [0.25, 0.3) is 0 Å². The second kappa shape index (κ2) is 42.9. The molecule has 0 saturated carbocycles. The van der Waals surface area contributed by atoms with Crippen LogP contribution in [0, 0.1) is 0 Å². The van der Waals surface area contributed by atoms with Crippen molar-refractivity contribution in [2.45, 2.75) is 238 Å². The average molecular weight is 830 g/mol. The van der Waals surface area contributed by atoms with Gasteiger partial charge >= 0.3 is 19.8 Å². The summed E-state index contributed by atoms with van der Waals surface area (Å²) < 4.78 is 33.5. The van der Waals surface area contributed by atoms with Crippen LogP contribution in [0.2, 0.25) is 0 Å². The van der Waals surface area contributed by atoms with E-state index in [4.69, 9.17) is 18.5 Å². The lowest BCUT2D eigenvalue weighted by Gasteiger charge is -2.20. The second-order valence-corrected chi connectivity index (χ2v) is 18.1. The minimum Gasteiger partial charge on any atom is -0.462 e. The lowest BCUT2D eigenvalue weighted by atomic mass is 10.0. The summed E-state index contributed by atoms with van der Waals surface area (Å²) in [7, 11) is -0.701. The van der Waals surface area contributed by atoms with Gasteiger partial charge in [0.15, 0.2) is 6.10 Å². The van der Waals surface area contributed by atoms with E-state index < -0.39 is 26.5 Å². The van der Waals surface area contributed by atoms with E-state index in [9.17, 15) is 19.0 Å². The molecule has 57 heavy (non-hydrogen) atoms. The molecule has 0 aromatic heterocycles. The largest absolute Gasteiger partial charge is 0.472 e. The Bertz CT molecular complexity index is 962. The van der Waals surface area contributed by atoms with Gasteiger partial charge in [0.25, 0.3) is 0 Å². The van der Waals surface area contributed by atoms with Crippen molar-refractivity contribution in [3.05, 3.63) is 12.2 Å². The number of carbonyl (C=O) groups excluding carboxylic acids is 2. The van der Waals surface area contributed by atoms with E-state index in [-0.39, 0.29) is 25.6 Å². The van der Waals surface area contributed by atoms with Crippen molar-refractivity contribution in [1.29, 1.82) is 0 Å². The maximum absolute atomic E-state index is 12.7. The van der Waals surface area contributed by atoms with Crippen molar-refractivity contribution in [2.75, 3.05) is 40.5 Å². The zero-order valence-corrected chi connectivity index (χ0v) is 38.7. The predicted octanol–water partition coefficient (Wildman–Crippen LogP) is 14.0. The number of hydrogen-bond acceptors (Lipinski definition) is 8. The smallest absolute Gasteiger partial charge is 0.462 e. The number of allylic oxidation sites excluding steroid dienone is 2. The summed E-state index contributed by atoms with van der Waals surface area (Å²) in [6.45, 7) is 4.35. The summed E-state index contributed by atoms with van der Waals surface area (Å²) in [5.41, 5.74) is 0. The van der Waals surface area contributed by atoms with Crippen LogP contribution in [0.5, 0.6) is 0 Å². The molecule has 0 aliphatic carbocycles. The molecular formula is C47H92NO8P. The summed E-state index contributed by atoms with van der Waals surface area (Å²) in [5.74, 6) is -0.791. The molecule has 0 fully saturated rings. The first-order valence-electron chi connectivity index (χ1n) is 24.0. The molecule has 9 nitrogen and oxygen atoms in total. The molecule has 0 saturated heterocycles. The van der Waals surface area contributed by atoms with Crippen molar-refractivity contribution < 1.29 is 37.6 Å². The molecule has 2 unspecified atom stereocenters. The highest BCUT2D eigenvalue weighted by Crippen LogP contribution is 2.43. The first-order chi connectivity index (χ1) is 27.7. The first-order valence-corrected chi connectivity index (χ1v) is 25.5. The number of phosphoric ester groups is 1. The Morgan fingerprint density at radius 2 is 0.895 bits per heavy atom. The summed E-state index contributed by atoms with van der Waals surface area (Å²) >= 11 is 0. The molecule has 0 spiro atoms. The number of phosphoric acid groups is 1. The van der Waals surface area contributed by atoms with Gasteiger partial charge in [0, 0.05) is 19.4 Å². The van der Waals surface area contributed by atoms with Gasteiger partial charge in [-0.1, -0.05) is 193 Å². The molecule has 0 aromatic rings. The standard InChI is InChI=1S/C47H92NO8P/c1-5-7-9-11-13-15-17-19-20-21-22-23-24-25-26-28-29-31-33-35-37-39-46(49)53-43-45(44-55-57(51,52)54-42-41-48(3)4)56-47(50)40-38-36-34-32-30-27-18-16-14-12-10-8-6-2/h19-20,45H,5-18,21-44H2,1-4H3,(H,51,52)/b20-19-. The third kappa shape index (κ3) is 44.1. The number of rotatable bonds is 45. The Morgan fingerprint density at radius 1 is 0.526 bits per heavy atom. The number of likely N-dealkylation sites (N-methyl/N-ethyl adjacent to an activating group) is 1. The SMILES string of the molecule is CCCCCCCC/C=C\CCCCCCCCCCCCCC(=O)OCC(COP(=O)(O)OCCN(C)C)OC(=O)CCCCCCCCCCCCCCC. The number of esters is 2. The van der Waals surface area contributed by atoms with E-state index >= 15 is 0 Å². The number of nitrogens with zero attached hydrogens (tertiary/aromatic N) is 1. The highest BCUT2D eigenvalue weighted by Gasteiger charge is 2.26. The Morgan fingerprint density at radius 3 is 1.30 bits per heavy atom. The van der Waals surface area contributed by atoms with E-state index in [1.165, 1.54) is 167 Å². The molecule has 1 N–H and O–H groups in total. The Hall–Kier alpha value is -1.25. The fourth-order valence-corrected chi connectivity index (χ4v) is 7.60. The third-order valence-corrected chi connectivity index (χ3v) is 11.6. The van der Waals surface area contributed by atoms with Crippen LogP contribution >= 0.6 is 7.82 Å². The van der Waals surface area contributed by atoms with Gasteiger partial charge in [0.2, 0.25) is 0 Å². The fourth-order valence-electron chi connectivity index (χ4n) is 6.86. The van der Waals surface area contributed by atoms with Gasteiger partial charge in [-0.15, -0.1) is 0 Å². The topological polar surface area (TPSA) is 112 Å². The number of hydrogen-bond donors (Lipinski definition) is 1. The van der Waals surface area contributed by atoms with Crippen LogP contribution in [-0.4, -0.2) is 68.3 Å². The van der Waals surface area contributed by atoms with Crippen LogP contribution in [0.3, 0.4) is 0 Å². The molecule has 0 heterocycles. The molecule has 0 aromatic carbocycles. The summed E-state index contributed by atoms with van der Waals surface area (Å²) in [4.78, 5) is 37.1. The van der Waals surface area contributed by atoms with E-state index in [0.29, 0.717) is 19.4 Å². The maximum atomic E-state index is 12.7. The quantitative estimate of drug-likeness (QED) is 0.0277. The molecule has 0 amide bonds. The Kier molecular flexibility index (Phi) is 41.9. The van der Waals surface area contributed by atoms with Crippen molar-refractivity contribution in [1.82, 2.24) is 4.90 Å². The Labute approximate surface area is 352 Å². The highest BCUT2D eigenvalue weighted by molar-refractivity contribution is 7.47. The van der Waals surface area contributed by atoms with Crippen LogP contribution < -0.4 is 0 Å². The van der Waals surface area contributed by atoms with Crippen molar-refractivity contribution >= 4 is 19.8 Å². The van der Waals surface area contributed by atoms with E-state index in [2.05, 4.69) is 26.0 Å².